The number of aromatic nitrogens is 1. The number of hydrogen-bond donors (Lipinski definition) is 2. The van der Waals surface area contributed by atoms with Gasteiger partial charge in [-0.15, -0.1) is 0 Å². The van der Waals surface area contributed by atoms with Crippen molar-refractivity contribution in [1.82, 2.24) is 10.3 Å². The van der Waals surface area contributed by atoms with Crippen LogP contribution in [-0.4, -0.2) is 35.2 Å². The molecule has 2 heterocycles. The van der Waals surface area contributed by atoms with Crippen LogP contribution >= 0.6 is 11.6 Å². The molecule has 0 spiro atoms. The molecule has 0 bridgehead atoms. The third-order valence-corrected chi connectivity index (χ3v) is 4.40. The maximum Gasteiger partial charge on any atom is 0.251 e. The van der Waals surface area contributed by atoms with Gasteiger partial charge in [0.2, 0.25) is 0 Å². The van der Waals surface area contributed by atoms with E-state index in [0.29, 0.717) is 17.1 Å². The molecular weight excluding hydrogens is 326 g/mol. The van der Waals surface area contributed by atoms with Crippen LogP contribution in [0.4, 0.5) is 5.69 Å². The van der Waals surface area contributed by atoms with Gasteiger partial charge in [0.15, 0.2) is 0 Å². The molecule has 1 aliphatic rings. The number of rotatable bonds is 4. The van der Waals surface area contributed by atoms with Crippen molar-refractivity contribution < 1.29 is 9.90 Å². The number of nitrogens with zero attached hydrogens (tertiary/aromatic N) is 2. The van der Waals surface area contributed by atoms with Gasteiger partial charge in [0.25, 0.3) is 5.91 Å². The minimum Gasteiger partial charge on any atom is -0.393 e. The standard InChI is InChI=1S/C18H20ClN3O2/c19-14-3-4-15(20-11-14)12-21-18(24)13-1-5-16(6-2-13)22-9-7-17(23)8-10-22/h1-6,11,17,23H,7-10,12H2,(H,21,24). The zero-order valence-corrected chi connectivity index (χ0v) is 14.0. The molecule has 126 valence electrons. The Labute approximate surface area is 146 Å². The lowest BCUT2D eigenvalue weighted by Gasteiger charge is -2.31. The average Bonchev–Trinajstić information content (AvgIpc) is 2.62. The third kappa shape index (κ3) is 4.24. The first-order valence-corrected chi connectivity index (χ1v) is 8.41. The molecule has 0 aliphatic carbocycles. The van der Waals surface area contributed by atoms with Crippen LogP contribution in [0.25, 0.3) is 0 Å². The van der Waals surface area contributed by atoms with Gasteiger partial charge in [-0.3, -0.25) is 9.78 Å². The van der Waals surface area contributed by atoms with Crippen LogP contribution in [0.3, 0.4) is 0 Å². The number of pyridine rings is 1. The largest absolute Gasteiger partial charge is 0.393 e. The molecule has 1 aromatic heterocycles. The Bertz CT molecular complexity index is 680. The Morgan fingerprint density at radius 3 is 2.54 bits per heavy atom. The van der Waals surface area contributed by atoms with Crippen LogP contribution in [0.2, 0.25) is 5.02 Å². The van der Waals surface area contributed by atoms with Crippen LogP contribution in [0.5, 0.6) is 0 Å². The van der Waals surface area contributed by atoms with E-state index >= 15 is 0 Å². The van der Waals surface area contributed by atoms with Crippen molar-refractivity contribution in [1.29, 1.82) is 0 Å². The molecule has 2 N–H and O–H groups in total. The van der Waals surface area contributed by atoms with Gasteiger partial charge >= 0.3 is 0 Å². The number of halogens is 1. The molecular formula is C18H20ClN3O2. The fourth-order valence-electron chi connectivity index (χ4n) is 2.73. The highest BCUT2D eigenvalue weighted by Crippen LogP contribution is 2.20. The number of carbonyl (C=O) groups excluding carboxylic acids is 1. The summed E-state index contributed by atoms with van der Waals surface area (Å²) in [6.45, 7) is 2.05. The number of piperidine rings is 1. The molecule has 0 radical (unpaired) electrons. The molecule has 3 rings (SSSR count). The van der Waals surface area contributed by atoms with Crippen LogP contribution in [0.15, 0.2) is 42.6 Å². The molecule has 2 aromatic rings. The average molecular weight is 346 g/mol. The summed E-state index contributed by atoms with van der Waals surface area (Å²) in [5.41, 5.74) is 2.46. The highest BCUT2D eigenvalue weighted by atomic mass is 35.5. The highest BCUT2D eigenvalue weighted by Gasteiger charge is 2.17. The van der Waals surface area contributed by atoms with Gasteiger partial charge in [0.05, 0.1) is 23.4 Å². The van der Waals surface area contributed by atoms with Crippen LogP contribution < -0.4 is 10.2 Å². The van der Waals surface area contributed by atoms with Crippen molar-refractivity contribution in [2.75, 3.05) is 18.0 Å². The predicted molar refractivity (Wildman–Crippen MR) is 94.3 cm³/mol. The second-order valence-corrected chi connectivity index (χ2v) is 6.35. The zero-order chi connectivity index (χ0) is 16.9. The van der Waals surface area contributed by atoms with Gasteiger partial charge in [-0.25, -0.2) is 0 Å². The Balaban J connectivity index is 1.56. The molecule has 24 heavy (non-hydrogen) atoms. The quantitative estimate of drug-likeness (QED) is 0.894. The first kappa shape index (κ1) is 16.7. The first-order chi connectivity index (χ1) is 11.6. The van der Waals surface area contributed by atoms with Crippen LogP contribution in [0, 0.1) is 0 Å². The summed E-state index contributed by atoms with van der Waals surface area (Å²) in [6, 6.07) is 11.1. The number of aliphatic hydroxyl groups is 1. The summed E-state index contributed by atoms with van der Waals surface area (Å²) in [5.74, 6) is -0.132. The number of benzene rings is 1. The van der Waals surface area contributed by atoms with Gasteiger partial charge < -0.3 is 15.3 Å². The smallest absolute Gasteiger partial charge is 0.251 e. The second-order valence-electron chi connectivity index (χ2n) is 5.92. The molecule has 5 nitrogen and oxygen atoms in total. The van der Waals surface area contributed by atoms with Crippen molar-refractivity contribution >= 4 is 23.2 Å². The van der Waals surface area contributed by atoms with E-state index in [-0.39, 0.29) is 12.0 Å². The fourth-order valence-corrected chi connectivity index (χ4v) is 2.84. The number of anilines is 1. The van der Waals surface area contributed by atoms with Crippen LogP contribution in [-0.2, 0) is 6.54 Å². The van der Waals surface area contributed by atoms with Gasteiger partial charge in [-0.2, -0.15) is 0 Å². The van der Waals surface area contributed by atoms with Gasteiger partial charge in [-0.05, 0) is 49.2 Å². The molecule has 1 aromatic carbocycles. The Morgan fingerprint density at radius 1 is 1.21 bits per heavy atom. The van der Waals surface area contributed by atoms with E-state index in [1.165, 1.54) is 0 Å². The Morgan fingerprint density at radius 2 is 1.92 bits per heavy atom. The summed E-state index contributed by atoms with van der Waals surface area (Å²) in [7, 11) is 0. The Hall–Kier alpha value is -2.11. The minimum atomic E-state index is -0.187. The number of nitrogens with one attached hydrogen (secondary N) is 1. The molecule has 0 saturated carbocycles. The van der Waals surface area contributed by atoms with E-state index in [9.17, 15) is 9.90 Å². The lowest BCUT2D eigenvalue weighted by molar-refractivity contribution is 0.0950. The molecule has 1 saturated heterocycles. The van der Waals surface area contributed by atoms with Crippen molar-refractivity contribution in [3.05, 3.63) is 58.9 Å². The van der Waals surface area contributed by atoms with E-state index in [1.807, 2.05) is 24.3 Å². The van der Waals surface area contributed by atoms with E-state index in [0.717, 1.165) is 37.3 Å². The number of aliphatic hydroxyl groups excluding tert-OH is 1. The minimum absolute atomic E-state index is 0.132. The maximum atomic E-state index is 12.2. The van der Waals surface area contributed by atoms with E-state index in [2.05, 4.69) is 15.2 Å². The molecule has 0 atom stereocenters. The monoisotopic (exact) mass is 345 g/mol. The summed E-state index contributed by atoms with van der Waals surface area (Å²) < 4.78 is 0. The number of carbonyl (C=O) groups is 1. The van der Waals surface area contributed by atoms with Gasteiger partial charge in [0, 0.05) is 30.5 Å². The lowest BCUT2D eigenvalue weighted by atomic mass is 10.1. The topological polar surface area (TPSA) is 65.5 Å². The molecule has 1 fully saturated rings. The summed E-state index contributed by atoms with van der Waals surface area (Å²) in [5, 5.41) is 13.0. The lowest BCUT2D eigenvalue weighted by Crippen LogP contribution is -2.35. The normalized spacial score (nSPS) is 15.3. The summed E-state index contributed by atoms with van der Waals surface area (Å²) in [6.07, 6.45) is 2.95. The van der Waals surface area contributed by atoms with Crippen molar-refractivity contribution in [2.24, 2.45) is 0 Å². The molecule has 0 unspecified atom stereocenters. The summed E-state index contributed by atoms with van der Waals surface area (Å²) >= 11 is 5.79. The zero-order valence-electron chi connectivity index (χ0n) is 13.3. The predicted octanol–water partition coefficient (Wildman–Crippen LogP) is 2.63. The van der Waals surface area contributed by atoms with Crippen molar-refractivity contribution in [3.63, 3.8) is 0 Å². The molecule has 6 heteroatoms. The first-order valence-electron chi connectivity index (χ1n) is 8.03. The molecule has 1 aliphatic heterocycles. The molecule has 1 amide bonds. The SMILES string of the molecule is O=C(NCc1ccc(Cl)cn1)c1ccc(N2CCC(O)CC2)cc1. The van der Waals surface area contributed by atoms with Gasteiger partial charge in [-0.1, -0.05) is 11.6 Å². The van der Waals surface area contributed by atoms with Crippen LogP contribution in [0.1, 0.15) is 28.9 Å². The van der Waals surface area contributed by atoms with E-state index in [4.69, 9.17) is 11.6 Å². The van der Waals surface area contributed by atoms with E-state index < -0.39 is 0 Å². The van der Waals surface area contributed by atoms with E-state index in [1.54, 1.807) is 18.3 Å². The Kier molecular flexibility index (Phi) is 5.33. The van der Waals surface area contributed by atoms with Crippen molar-refractivity contribution in [2.45, 2.75) is 25.5 Å². The number of amides is 1. The second kappa shape index (κ2) is 7.64. The fraction of sp³-hybridized carbons (Fsp3) is 0.333. The highest BCUT2D eigenvalue weighted by molar-refractivity contribution is 6.30. The van der Waals surface area contributed by atoms with Gasteiger partial charge in [0.1, 0.15) is 0 Å². The maximum absolute atomic E-state index is 12.2. The number of hydrogen-bond acceptors (Lipinski definition) is 4. The third-order valence-electron chi connectivity index (χ3n) is 4.18. The summed E-state index contributed by atoms with van der Waals surface area (Å²) in [4.78, 5) is 18.6. The van der Waals surface area contributed by atoms with Crippen molar-refractivity contribution in [3.8, 4) is 0 Å².